The molecule has 0 aliphatic carbocycles. The summed E-state index contributed by atoms with van der Waals surface area (Å²) in [5.41, 5.74) is 6.49. The van der Waals surface area contributed by atoms with Gasteiger partial charge in [-0.15, -0.1) is 0 Å². The van der Waals surface area contributed by atoms with Gasteiger partial charge in [-0.3, -0.25) is 0 Å². The number of nitrogens with zero attached hydrogens (tertiary/aromatic N) is 1. The number of nitrogen functional groups attached to an aromatic ring is 1. The summed E-state index contributed by atoms with van der Waals surface area (Å²) in [5.74, 6) is 0. The van der Waals surface area contributed by atoms with Crippen LogP contribution >= 0.6 is 0 Å². The van der Waals surface area contributed by atoms with E-state index < -0.39 is 0 Å². The van der Waals surface area contributed by atoms with E-state index in [4.69, 9.17) is 5.73 Å². The number of halogens is 1. The fraction of sp³-hybridized carbons (Fsp3) is 0.667. The van der Waals surface area contributed by atoms with Crippen LogP contribution in [0.4, 0.5) is 5.69 Å². The monoisotopic (exact) mass is 314 g/mol. The van der Waals surface area contributed by atoms with Gasteiger partial charge < -0.3 is 22.7 Å². The number of nitrogens with two attached hydrogens (primary N) is 1. The fourth-order valence-electron chi connectivity index (χ4n) is 2.05. The second-order valence-electron chi connectivity index (χ2n) is 4.84. The molecular weight excluding hydrogens is 288 g/mol. The minimum absolute atomic E-state index is 0. The van der Waals surface area contributed by atoms with Gasteiger partial charge in [-0.2, -0.15) is 0 Å². The Bertz CT molecular complexity index is 285. The van der Waals surface area contributed by atoms with Crippen molar-refractivity contribution in [3.05, 3.63) is 24.5 Å². The van der Waals surface area contributed by atoms with Gasteiger partial charge >= 0.3 is 0 Å². The van der Waals surface area contributed by atoms with Crippen molar-refractivity contribution in [3.63, 3.8) is 0 Å². The minimum Gasteiger partial charge on any atom is -1.00 e. The standard InChI is InChI=1S/C15H26N2.BrH/c1-2-3-4-5-6-7-8-9-12-17-13-10-15(16)11-14-17;/h10-11,13-14,16H,2-9,12H2,1H3;1H. The Morgan fingerprint density at radius 1 is 0.889 bits per heavy atom. The van der Waals surface area contributed by atoms with Crippen LogP contribution in [0.1, 0.15) is 58.3 Å². The molecule has 0 atom stereocenters. The van der Waals surface area contributed by atoms with E-state index >= 15 is 0 Å². The lowest BCUT2D eigenvalue weighted by atomic mass is 10.1. The van der Waals surface area contributed by atoms with Crippen molar-refractivity contribution in [2.75, 3.05) is 5.73 Å². The fourth-order valence-corrected chi connectivity index (χ4v) is 2.05. The first-order chi connectivity index (χ1) is 8.33. The van der Waals surface area contributed by atoms with E-state index in [1.54, 1.807) is 0 Å². The molecule has 104 valence electrons. The van der Waals surface area contributed by atoms with Gasteiger partial charge in [0.05, 0.1) is 0 Å². The number of hydrogen-bond donors (Lipinski definition) is 1. The molecule has 0 spiro atoms. The summed E-state index contributed by atoms with van der Waals surface area (Å²) in [4.78, 5) is 0. The maximum atomic E-state index is 5.65. The Balaban J connectivity index is 0.00000289. The van der Waals surface area contributed by atoms with Crippen LogP contribution in [0.3, 0.4) is 0 Å². The van der Waals surface area contributed by atoms with Crippen LogP contribution in [-0.2, 0) is 6.54 Å². The molecule has 2 N–H and O–H groups in total. The molecule has 1 rings (SSSR count). The quantitative estimate of drug-likeness (QED) is 0.528. The topological polar surface area (TPSA) is 29.9 Å². The molecule has 2 nitrogen and oxygen atoms in total. The molecule has 18 heavy (non-hydrogen) atoms. The molecule has 0 saturated carbocycles. The van der Waals surface area contributed by atoms with E-state index in [0.717, 1.165) is 12.2 Å². The summed E-state index contributed by atoms with van der Waals surface area (Å²) in [7, 11) is 0. The summed E-state index contributed by atoms with van der Waals surface area (Å²) in [6, 6.07) is 3.93. The zero-order valence-electron chi connectivity index (χ0n) is 11.6. The Hall–Kier alpha value is -0.570. The lowest BCUT2D eigenvalue weighted by Gasteiger charge is -2.00. The lowest BCUT2D eigenvalue weighted by Crippen LogP contribution is -3.00. The SMILES string of the molecule is CCCCCCCCCC[n+]1ccc(N)cc1.[Br-]. The van der Waals surface area contributed by atoms with Crippen molar-refractivity contribution in [1.82, 2.24) is 0 Å². The highest BCUT2D eigenvalue weighted by Crippen LogP contribution is 2.08. The van der Waals surface area contributed by atoms with Crippen molar-refractivity contribution in [2.45, 2.75) is 64.8 Å². The Morgan fingerprint density at radius 2 is 1.39 bits per heavy atom. The molecule has 0 saturated heterocycles. The Morgan fingerprint density at radius 3 is 1.94 bits per heavy atom. The number of rotatable bonds is 9. The highest BCUT2D eigenvalue weighted by molar-refractivity contribution is 5.32. The van der Waals surface area contributed by atoms with E-state index in [2.05, 4.69) is 23.9 Å². The molecule has 0 amide bonds. The van der Waals surface area contributed by atoms with E-state index in [9.17, 15) is 0 Å². The smallest absolute Gasteiger partial charge is 0.170 e. The van der Waals surface area contributed by atoms with Crippen LogP contribution in [0.5, 0.6) is 0 Å². The van der Waals surface area contributed by atoms with Gasteiger partial charge in [-0.25, -0.2) is 4.57 Å². The number of hydrogen-bond acceptors (Lipinski definition) is 1. The zero-order valence-corrected chi connectivity index (χ0v) is 13.2. The number of anilines is 1. The van der Waals surface area contributed by atoms with Crippen LogP contribution in [0.25, 0.3) is 0 Å². The summed E-state index contributed by atoms with van der Waals surface area (Å²) in [6.07, 6.45) is 15.1. The van der Waals surface area contributed by atoms with E-state index in [-0.39, 0.29) is 17.0 Å². The van der Waals surface area contributed by atoms with Gasteiger partial charge in [0.15, 0.2) is 12.4 Å². The number of unbranched alkanes of at least 4 members (excludes halogenated alkanes) is 7. The van der Waals surface area contributed by atoms with Crippen molar-refractivity contribution in [1.29, 1.82) is 0 Å². The van der Waals surface area contributed by atoms with Gasteiger partial charge in [0.1, 0.15) is 6.54 Å². The second-order valence-corrected chi connectivity index (χ2v) is 4.84. The van der Waals surface area contributed by atoms with Gasteiger partial charge in [0, 0.05) is 24.2 Å². The molecule has 0 radical (unpaired) electrons. The maximum Gasteiger partial charge on any atom is 0.170 e. The van der Waals surface area contributed by atoms with E-state index in [1.165, 1.54) is 51.4 Å². The third kappa shape index (κ3) is 8.51. The van der Waals surface area contributed by atoms with Crippen LogP contribution in [-0.4, -0.2) is 0 Å². The molecule has 0 aliphatic heterocycles. The third-order valence-corrected chi connectivity index (χ3v) is 3.19. The Labute approximate surface area is 122 Å². The normalized spacial score (nSPS) is 10.1. The summed E-state index contributed by atoms with van der Waals surface area (Å²) in [5, 5.41) is 0. The maximum absolute atomic E-state index is 5.65. The van der Waals surface area contributed by atoms with Gasteiger partial charge in [-0.05, 0) is 6.42 Å². The predicted octanol–water partition coefficient (Wildman–Crippen LogP) is 0.701. The first-order valence-corrected chi connectivity index (χ1v) is 7.07. The zero-order chi connectivity index (χ0) is 12.3. The first kappa shape index (κ1) is 17.4. The number of aryl methyl sites for hydroxylation is 1. The molecule has 3 heteroatoms. The Kier molecular flexibility index (Phi) is 11.2. The molecule has 0 aliphatic rings. The van der Waals surface area contributed by atoms with E-state index in [1.807, 2.05) is 12.1 Å². The summed E-state index contributed by atoms with van der Waals surface area (Å²) < 4.78 is 2.22. The molecule has 0 bridgehead atoms. The van der Waals surface area contributed by atoms with Gasteiger partial charge in [-0.1, -0.05) is 45.4 Å². The van der Waals surface area contributed by atoms with Crippen LogP contribution in [0.2, 0.25) is 0 Å². The van der Waals surface area contributed by atoms with Crippen molar-refractivity contribution in [3.8, 4) is 0 Å². The minimum atomic E-state index is 0. The average Bonchev–Trinajstić information content (AvgIpc) is 2.35. The predicted molar refractivity (Wildman–Crippen MR) is 73.7 cm³/mol. The largest absolute Gasteiger partial charge is 1.00 e. The molecular formula is C15H27BrN2. The van der Waals surface area contributed by atoms with Crippen molar-refractivity contribution in [2.24, 2.45) is 0 Å². The second kappa shape index (κ2) is 11.5. The van der Waals surface area contributed by atoms with Gasteiger partial charge in [0.25, 0.3) is 0 Å². The van der Waals surface area contributed by atoms with Crippen molar-refractivity contribution >= 4 is 5.69 Å². The molecule has 1 heterocycles. The molecule has 1 aromatic rings. The summed E-state index contributed by atoms with van der Waals surface area (Å²) in [6.45, 7) is 3.39. The lowest BCUT2D eigenvalue weighted by molar-refractivity contribution is -0.697. The number of aromatic nitrogens is 1. The molecule has 0 unspecified atom stereocenters. The van der Waals surface area contributed by atoms with E-state index in [0.29, 0.717) is 0 Å². The van der Waals surface area contributed by atoms with Crippen LogP contribution < -0.4 is 27.3 Å². The van der Waals surface area contributed by atoms with Crippen LogP contribution in [0.15, 0.2) is 24.5 Å². The first-order valence-electron chi connectivity index (χ1n) is 7.07. The highest BCUT2D eigenvalue weighted by Gasteiger charge is 1.99. The van der Waals surface area contributed by atoms with Crippen LogP contribution in [0, 0.1) is 0 Å². The van der Waals surface area contributed by atoms with Gasteiger partial charge in [0.2, 0.25) is 0 Å². The number of pyridine rings is 1. The molecule has 0 aromatic carbocycles. The highest BCUT2D eigenvalue weighted by atomic mass is 79.9. The third-order valence-electron chi connectivity index (χ3n) is 3.19. The molecule has 1 aromatic heterocycles. The summed E-state index contributed by atoms with van der Waals surface area (Å²) >= 11 is 0. The molecule has 0 fully saturated rings. The average molecular weight is 315 g/mol. The van der Waals surface area contributed by atoms with Crippen molar-refractivity contribution < 1.29 is 21.5 Å².